The fraction of sp³-hybridized carbons (Fsp3) is 0.200. The lowest BCUT2D eigenvalue weighted by molar-refractivity contribution is -0.126. The van der Waals surface area contributed by atoms with E-state index in [1.807, 2.05) is 23.6 Å². The highest BCUT2D eigenvalue weighted by Gasteiger charge is 2.40. The molecule has 0 unspecified atom stereocenters. The summed E-state index contributed by atoms with van der Waals surface area (Å²) in [5, 5.41) is 7.52. The van der Waals surface area contributed by atoms with Crippen molar-refractivity contribution in [2.45, 2.75) is 12.6 Å². The van der Waals surface area contributed by atoms with Gasteiger partial charge < -0.3 is 20.0 Å². The van der Waals surface area contributed by atoms with E-state index in [9.17, 15) is 9.59 Å². The second-order valence-corrected chi connectivity index (χ2v) is 6.16. The monoisotopic (exact) mass is 315 g/mol. The van der Waals surface area contributed by atoms with Gasteiger partial charge in [0.1, 0.15) is 5.76 Å². The molecule has 2 aliphatic rings. The molecule has 22 heavy (non-hydrogen) atoms. The van der Waals surface area contributed by atoms with Crippen molar-refractivity contribution in [3.05, 3.63) is 57.8 Å². The number of hydrogen-bond acceptors (Lipinski definition) is 4. The molecular weight excluding hydrogens is 302 g/mol. The molecule has 6 nitrogen and oxygen atoms in total. The number of urea groups is 1. The summed E-state index contributed by atoms with van der Waals surface area (Å²) in [6.07, 6.45) is 1.58. The molecule has 0 spiro atoms. The molecule has 2 aromatic rings. The van der Waals surface area contributed by atoms with Crippen molar-refractivity contribution in [2.24, 2.45) is 0 Å². The number of nitrogens with zero attached hydrogens (tertiary/aromatic N) is 1. The SMILES string of the molecule is O=C1NC2=C(C(=O)N(Cc3ccco3)C2)[C@@H](c2cccs2)N1. The summed E-state index contributed by atoms with van der Waals surface area (Å²) in [4.78, 5) is 27.2. The van der Waals surface area contributed by atoms with Gasteiger partial charge in [0.2, 0.25) is 0 Å². The van der Waals surface area contributed by atoms with Gasteiger partial charge in [-0.2, -0.15) is 0 Å². The van der Waals surface area contributed by atoms with E-state index in [0.717, 1.165) is 10.6 Å². The first-order valence-electron chi connectivity index (χ1n) is 6.88. The van der Waals surface area contributed by atoms with E-state index >= 15 is 0 Å². The van der Waals surface area contributed by atoms with Gasteiger partial charge in [0.05, 0.1) is 36.7 Å². The Morgan fingerprint density at radius 3 is 2.95 bits per heavy atom. The van der Waals surface area contributed by atoms with Gasteiger partial charge in [-0.25, -0.2) is 4.79 Å². The maximum atomic E-state index is 12.7. The zero-order valence-corrected chi connectivity index (χ0v) is 12.4. The maximum absolute atomic E-state index is 12.7. The molecule has 1 atom stereocenters. The fourth-order valence-corrected chi connectivity index (χ4v) is 3.60. The minimum Gasteiger partial charge on any atom is -0.467 e. The quantitative estimate of drug-likeness (QED) is 0.909. The summed E-state index contributed by atoms with van der Waals surface area (Å²) >= 11 is 1.52. The molecule has 2 N–H and O–H groups in total. The Morgan fingerprint density at radius 1 is 1.32 bits per heavy atom. The van der Waals surface area contributed by atoms with E-state index in [1.54, 1.807) is 17.2 Å². The first-order chi connectivity index (χ1) is 10.7. The van der Waals surface area contributed by atoms with Crippen LogP contribution in [0.2, 0.25) is 0 Å². The molecule has 0 saturated heterocycles. The highest BCUT2D eigenvalue weighted by Crippen LogP contribution is 2.34. The van der Waals surface area contributed by atoms with E-state index in [4.69, 9.17) is 4.42 Å². The van der Waals surface area contributed by atoms with Crippen molar-refractivity contribution in [3.63, 3.8) is 0 Å². The average molecular weight is 315 g/mol. The van der Waals surface area contributed by atoms with Crippen LogP contribution in [0.5, 0.6) is 0 Å². The number of furan rings is 1. The molecule has 3 amide bonds. The molecule has 0 bridgehead atoms. The third-order valence-corrected chi connectivity index (χ3v) is 4.71. The zero-order valence-electron chi connectivity index (χ0n) is 11.5. The smallest absolute Gasteiger partial charge is 0.319 e. The third kappa shape index (κ3) is 2.10. The van der Waals surface area contributed by atoms with Crippen LogP contribution in [0.25, 0.3) is 0 Å². The van der Waals surface area contributed by atoms with Crippen molar-refractivity contribution >= 4 is 23.3 Å². The minimum atomic E-state index is -0.377. The molecule has 4 rings (SSSR count). The lowest BCUT2D eigenvalue weighted by atomic mass is 10.0. The number of thiophene rings is 1. The van der Waals surface area contributed by atoms with Crippen molar-refractivity contribution in [1.29, 1.82) is 0 Å². The topological polar surface area (TPSA) is 74.6 Å². The van der Waals surface area contributed by atoms with Gasteiger partial charge in [0.25, 0.3) is 5.91 Å². The summed E-state index contributed by atoms with van der Waals surface area (Å²) < 4.78 is 5.30. The van der Waals surface area contributed by atoms with Crippen LogP contribution in [0.15, 0.2) is 51.6 Å². The van der Waals surface area contributed by atoms with E-state index in [1.165, 1.54) is 11.3 Å². The summed E-state index contributed by atoms with van der Waals surface area (Å²) in [5.41, 5.74) is 1.30. The van der Waals surface area contributed by atoms with E-state index in [0.29, 0.717) is 24.4 Å². The number of carbonyl (C=O) groups excluding carboxylic acids is 2. The van der Waals surface area contributed by atoms with E-state index in [2.05, 4.69) is 10.6 Å². The van der Waals surface area contributed by atoms with Crippen molar-refractivity contribution in [2.75, 3.05) is 6.54 Å². The van der Waals surface area contributed by atoms with Crippen LogP contribution in [0.3, 0.4) is 0 Å². The van der Waals surface area contributed by atoms with Gasteiger partial charge in [-0.15, -0.1) is 11.3 Å². The van der Waals surface area contributed by atoms with E-state index in [-0.39, 0.29) is 18.0 Å². The highest BCUT2D eigenvalue weighted by atomic mass is 32.1. The Labute approximate surface area is 130 Å². The lowest BCUT2D eigenvalue weighted by Gasteiger charge is -2.24. The molecule has 7 heteroatoms. The molecule has 0 saturated carbocycles. The van der Waals surface area contributed by atoms with Gasteiger partial charge in [0, 0.05) is 4.88 Å². The van der Waals surface area contributed by atoms with Crippen LogP contribution >= 0.6 is 11.3 Å². The molecule has 2 aliphatic heterocycles. The van der Waals surface area contributed by atoms with E-state index < -0.39 is 0 Å². The third-order valence-electron chi connectivity index (χ3n) is 3.77. The highest BCUT2D eigenvalue weighted by molar-refractivity contribution is 7.10. The summed E-state index contributed by atoms with van der Waals surface area (Å²) in [6.45, 7) is 0.788. The molecule has 2 aromatic heterocycles. The van der Waals surface area contributed by atoms with Crippen LogP contribution in [0.1, 0.15) is 16.7 Å². The largest absolute Gasteiger partial charge is 0.467 e. The average Bonchev–Trinajstić information content (AvgIpc) is 3.22. The Hall–Kier alpha value is -2.54. The Morgan fingerprint density at radius 2 is 2.23 bits per heavy atom. The zero-order chi connectivity index (χ0) is 15.1. The Balaban J connectivity index is 1.64. The predicted molar refractivity (Wildman–Crippen MR) is 79.9 cm³/mol. The normalized spacial score (nSPS) is 20.9. The van der Waals surface area contributed by atoms with Crippen LogP contribution in [-0.2, 0) is 11.3 Å². The van der Waals surface area contributed by atoms with Crippen molar-refractivity contribution in [3.8, 4) is 0 Å². The molecule has 0 radical (unpaired) electrons. The maximum Gasteiger partial charge on any atom is 0.319 e. The van der Waals surface area contributed by atoms with Crippen LogP contribution in [0.4, 0.5) is 4.79 Å². The lowest BCUT2D eigenvalue weighted by Crippen LogP contribution is -2.44. The summed E-state index contributed by atoms with van der Waals surface area (Å²) in [5.74, 6) is 0.650. The standard InChI is InChI=1S/C15H13N3O3S/c19-14-12-10(8-18(14)7-9-3-1-5-21-9)16-15(20)17-13(12)11-4-2-6-22-11/h1-6,13H,7-8H2,(H2,16,17,20)/t13-/m1/s1. The molecule has 4 heterocycles. The van der Waals surface area contributed by atoms with Crippen LogP contribution in [-0.4, -0.2) is 23.4 Å². The predicted octanol–water partition coefficient (Wildman–Crippen LogP) is 1.99. The fourth-order valence-electron chi connectivity index (χ4n) is 2.82. The second-order valence-electron chi connectivity index (χ2n) is 5.18. The molecule has 0 aromatic carbocycles. The molecule has 112 valence electrons. The van der Waals surface area contributed by atoms with Gasteiger partial charge in [-0.05, 0) is 23.6 Å². The minimum absolute atomic E-state index is 0.0719. The first-order valence-corrected chi connectivity index (χ1v) is 7.76. The van der Waals surface area contributed by atoms with Crippen LogP contribution in [0, 0.1) is 0 Å². The Bertz CT molecular complexity index is 749. The second kappa shape index (κ2) is 5.03. The molecular formula is C15H13N3O3S. The van der Waals surface area contributed by atoms with Crippen molar-refractivity contribution in [1.82, 2.24) is 15.5 Å². The number of amides is 3. The van der Waals surface area contributed by atoms with Gasteiger partial charge in [-0.1, -0.05) is 6.07 Å². The summed E-state index contributed by atoms with van der Waals surface area (Å²) in [7, 11) is 0. The number of rotatable bonds is 3. The molecule has 0 aliphatic carbocycles. The summed E-state index contributed by atoms with van der Waals surface area (Å²) in [6, 6.07) is 6.81. The Kier molecular flexibility index (Phi) is 3.00. The first kappa shape index (κ1) is 13.1. The van der Waals surface area contributed by atoms with Crippen LogP contribution < -0.4 is 10.6 Å². The number of nitrogens with one attached hydrogen (secondary N) is 2. The van der Waals surface area contributed by atoms with Crippen molar-refractivity contribution < 1.29 is 14.0 Å². The number of carbonyl (C=O) groups is 2. The van der Waals surface area contributed by atoms with Gasteiger partial charge in [-0.3, -0.25) is 4.79 Å². The van der Waals surface area contributed by atoms with Gasteiger partial charge >= 0.3 is 6.03 Å². The number of hydrogen-bond donors (Lipinski definition) is 2. The molecule has 0 fully saturated rings. The van der Waals surface area contributed by atoms with Gasteiger partial charge in [0.15, 0.2) is 0 Å².